The van der Waals surface area contributed by atoms with E-state index in [1.165, 1.54) is 0 Å². The lowest BCUT2D eigenvalue weighted by Gasteiger charge is -2.02. The normalized spacial score (nSPS) is 10.5. The number of benzene rings is 1. The van der Waals surface area contributed by atoms with E-state index in [0.29, 0.717) is 23.2 Å². The van der Waals surface area contributed by atoms with Crippen LogP contribution in [0, 0.1) is 0 Å². The fourth-order valence-electron chi connectivity index (χ4n) is 1.64. The Bertz CT molecular complexity index is 661. The van der Waals surface area contributed by atoms with Crippen molar-refractivity contribution in [2.75, 3.05) is 5.73 Å². The van der Waals surface area contributed by atoms with Crippen LogP contribution >= 0.6 is 0 Å². The van der Waals surface area contributed by atoms with Crippen molar-refractivity contribution in [3.8, 4) is 17.3 Å². The third kappa shape index (κ3) is 2.57. The summed E-state index contributed by atoms with van der Waals surface area (Å²) < 4.78 is 10.6. The van der Waals surface area contributed by atoms with Crippen LogP contribution in [0.3, 0.4) is 0 Å². The summed E-state index contributed by atoms with van der Waals surface area (Å²) in [5.41, 5.74) is 7.11. The first-order valence-corrected chi connectivity index (χ1v) is 5.76. The monoisotopic (exact) mass is 256 g/mol. The van der Waals surface area contributed by atoms with Crippen LogP contribution in [0.4, 0.5) is 5.69 Å². The fraction of sp³-hybridized carbons (Fsp3) is 0.0769. The minimum absolute atomic E-state index is 0.206. The molecule has 2 heterocycles. The number of nitrogen functional groups attached to an aromatic ring is 1. The Hall–Kier alpha value is -2.76. The van der Waals surface area contributed by atoms with E-state index in [4.69, 9.17) is 15.0 Å². The molecule has 0 saturated heterocycles. The van der Waals surface area contributed by atoms with Crippen LogP contribution in [0.15, 0.2) is 47.1 Å². The van der Waals surface area contributed by atoms with E-state index in [1.54, 1.807) is 18.3 Å². The summed E-state index contributed by atoms with van der Waals surface area (Å²) in [6, 6.07) is 10.9. The predicted molar refractivity (Wildman–Crippen MR) is 69.3 cm³/mol. The number of ether oxygens (including phenoxy) is 1. The second-order valence-corrected chi connectivity index (χ2v) is 3.96. The standard InChI is InChI=1S/C13H12N4O2/c14-9-3-1-4-10(7-9)18-8-12-16-13(17-19-12)11-5-2-6-15-11/h1-7,15H,8,14H2. The molecule has 0 aliphatic carbocycles. The van der Waals surface area contributed by atoms with E-state index in [2.05, 4.69) is 15.1 Å². The Labute approximate surface area is 109 Å². The molecule has 96 valence electrons. The lowest BCUT2D eigenvalue weighted by Crippen LogP contribution is -1.96. The third-order valence-electron chi connectivity index (χ3n) is 2.53. The number of aromatic amines is 1. The Morgan fingerprint density at radius 2 is 2.21 bits per heavy atom. The van der Waals surface area contributed by atoms with Crippen molar-refractivity contribution in [3.05, 3.63) is 48.5 Å². The molecule has 0 aliphatic heterocycles. The highest BCUT2D eigenvalue weighted by Gasteiger charge is 2.09. The number of nitrogens with one attached hydrogen (secondary N) is 1. The molecule has 0 unspecified atom stereocenters. The maximum absolute atomic E-state index is 5.66. The zero-order chi connectivity index (χ0) is 13.1. The summed E-state index contributed by atoms with van der Waals surface area (Å²) in [6.45, 7) is 0.206. The number of hydrogen-bond donors (Lipinski definition) is 2. The molecule has 0 spiro atoms. The van der Waals surface area contributed by atoms with Gasteiger partial charge in [-0.15, -0.1) is 0 Å². The van der Waals surface area contributed by atoms with Crippen molar-refractivity contribution in [1.82, 2.24) is 15.1 Å². The van der Waals surface area contributed by atoms with Crippen LogP contribution in [-0.2, 0) is 6.61 Å². The molecule has 0 radical (unpaired) electrons. The summed E-state index contributed by atoms with van der Waals surface area (Å²) >= 11 is 0. The Kier molecular flexibility index (Phi) is 2.89. The van der Waals surface area contributed by atoms with Crippen LogP contribution in [0.25, 0.3) is 11.5 Å². The molecule has 19 heavy (non-hydrogen) atoms. The summed E-state index contributed by atoms with van der Waals surface area (Å²) in [4.78, 5) is 7.23. The van der Waals surface area contributed by atoms with Crippen molar-refractivity contribution in [3.63, 3.8) is 0 Å². The smallest absolute Gasteiger partial charge is 0.264 e. The molecule has 1 aromatic carbocycles. The molecule has 0 amide bonds. The topological polar surface area (TPSA) is 90.0 Å². The molecule has 2 aromatic heterocycles. The number of nitrogens with zero attached hydrogens (tertiary/aromatic N) is 2. The second kappa shape index (κ2) is 4.85. The maximum Gasteiger partial charge on any atom is 0.264 e. The predicted octanol–water partition coefficient (Wildman–Crippen LogP) is 2.23. The van der Waals surface area contributed by atoms with Gasteiger partial charge in [0.2, 0.25) is 5.82 Å². The second-order valence-electron chi connectivity index (χ2n) is 3.96. The molecular weight excluding hydrogens is 244 g/mol. The van der Waals surface area contributed by atoms with Gasteiger partial charge < -0.3 is 20.0 Å². The van der Waals surface area contributed by atoms with Gasteiger partial charge in [-0.1, -0.05) is 11.2 Å². The highest BCUT2D eigenvalue weighted by Crippen LogP contribution is 2.17. The van der Waals surface area contributed by atoms with Gasteiger partial charge in [-0.25, -0.2) is 0 Å². The molecule has 0 atom stereocenters. The summed E-state index contributed by atoms with van der Waals surface area (Å²) in [5.74, 6) is 1.59. The number of H-pyrrole nitrogens is 1. The number of rotatable bonds is 4. The largest absolute Gasteiger partial charge is 0.484 e. The summed E-state index contributed by atoms with van der Waals surface area (Å²) in [6.07, 6.45) is 1.80. The molecule has 0 saturated carbocycles. The molecular formula is C13H12N4O2. The maximum atomic E-state index is 5.66. The number of nitrogens with two attached hydrogens (primary N) is 1. The molecule has 6 heteroatoms. The third-order valence-corrected chi connectivity index (χ3v) is 2.53. The van der Waals surface area contributed by atoms with Gasteiger partial charge in [-0.05, 0) is 24.3 Å². The molecule has 0 bridgehead atoms. The molecule has 3 N–H and O–H groups in total. The van der Waals surface area contributed by atoms with Gasteiger partial charge in [-0.3, -0.25) is 0 Å². The quantitative estimate of drug-likeness (QED) is 0.698. The molecule has 0 aliphatic rings. The first-order valence-electron chi connectivity index (χ1n) is 5.76. The average molecular weight is 256 g/mol. The lowest BCUT2D eigenvalue weighted by molar-refractivity contribution is 0.243. The first-order chi connectivity index (χ1) is 9.31. The van der Waals surface area contributed by atoms with Crippen LogP contribution < -0.4 is 10.5 Å². The average Bonchev–Trinajstić information content (AvgIpc) is 3.07. The zero-order valence-corrected chi connectivity index (χ0v) is 10.0. The molecule has 3 aromatic rings. The number of aromatic nitrogens is 3. The van der Waals surface area contributed by atoms with Gasteiger partial charge >= 0.3 is 0 Å². The minimum Gasteiger partial charge on any atom is -0.484 e. The minimum atomic E-state index is 0.206. The van der Waals surface area contributed by atoms with Gasteiger partial charge in [0.25, 0.3) is 5.89 Å². The van der Waals surface area contributed by atoms with E-state index in [0.717, 1.165) is 5.69 Å². The van der Waals surface area contributed by atoms with Gasteiger partial charge in [0.15, 0.2) is 6.61 Å². The highest BCUT2D eigenvalue weighted by atomic mass is 16.5. The Morgan fingerprint density at radius 3 is 3.00 bits per heavy atom. The zero-order valence-electron chi connectivity index (χ0n) is 10.0. The number of anilines is 1. The van der Waals surface area contributed by atoms with Gasteiger partial charge in [0.1, 0.15) is 5.75 Å². The van der Waals surface area contributed by atoms with Crippen LogP contribution in [0.2, 0.25) is 0 Å². The van der Waals surface area contributed by atoms with Crippen molar-refractivity contribution in [1.29, 1.82) is 0 Å². The molecule has 6 nitrogen and oxygen atoms in total. The van der Waals surface area contributed by atoms with Crippen molar-refractivity contribution < 1.29 is 9.26 Å². The van der Waals surface area contributed by atoms with Crippen LogP contribution in [0.5, 0.6) is 5.75 Å². The SMILES string of the molecule is Nc1cccc(OCc2nc(-c3ccc[nH]3)no2)c1. The fourth-order valence-corrected chi connectivity index (χ4v) is 1.64. The Balaban J connectivity index is 1.68. The van der Waals surface area contributed by atoms with E-state index in [-0.39, 0.29) is 6.61 Å². The van der Waals surface area contributed by atoms with E-state index < -0.39 is 0 Å². The molecule has 0 fully saturated rings. The molecule has 3 rings (SSSR count). The van der Waals surface area contributed by atoms with Crippen LogP contribution in [-0.4, -0.2) is 15.1 Å². The van der Waals surface area contributed by atoms with E-state index in [9.17, 15) is 0 Å². The van der Waals surface area contributed by atoms with Crippen molar-refractivity contribution >= 4 is 5.69 Å². The van der Waals surface area contributed by atoms with E-state index in [1.807, 2.05) is 24.3 Å². The number of hydrogen-bond acceptors (Lipinski definition) is 5. The van der Waals surface area contributed by atoms with E-state index >= 15 is 0 Å². The summed E-state index contributed by atoms with van der Waals surface area (Å²) in [7, 11) is 0. The van der Waals surface area contributed by atoms with Gasteiger partial charge in [0, 0.05) is 18.0 Å². The van der Waals surface area contributed by atoms with Crippen molar-refractivity contribution in [2.24, 2.45) is 0 Å². The Morgan fingerprint density at radius 1 is 1.26 bits per heavy atom. The first kappa shape index (κ1) is 11.3. The summed E-state index contributed by atoms with van der Waals surface area (Å²) in [5, 5.41) is 3.87. The van der Waals surface area contributed by atoms with Crippen molar-refractivity contribution in [2.45, 2.75) is 6.61 Å². The highest BCUT2D eigenvalue weighted by molar-refractivity contribution is 5.47. The van der Waals surface area contributed by atoms with Gasteiger partial charge in [0.05, 0.1) is 5.69 Å². The van der Waals surface area contributed by atoms with Crippen LogP contribution in [0.1, 0.15) is 5.89 Å². The lowest BCUT2D eigenvalue weighted by atomic mass is 10.3. The van der Waals surface area contributed by atoms with Gasteiger partial charge in [-0.2, -0.15) is 4.98 Å².